The van der Waals surface area contributed by atoms with Crippen molar-refractivity contribution in [1.82, 2.24) is 0 Å². The van der Waals surface area contributed by atoms with E-state index < -0.39 is 0 Å². The fourth-order valence-electron chi connectivity index (χ4n) is 1.51. The van der Waals surface area contributed by atoms with Gasteiger partial charge in [-0.3, -0.25) is 4.79 Å². The highest BCUT2D eigenvalue weighted by Crippen LogP contribution is 2.31. The molecule has 0 aromatic carbocycles. The SMILES string of the molecule is C=C1CCC(CC(=O)OC)C1. The van der Waals surface area contributed by atoms with Gasteiger partial charge >= 0.3 is 5.97 Å². The van der Waals surface area contributed by atoms with Crippen LogP contribution in [0.4, 0.5) is 0 Å². The molecule has 1 saturated carbocycles. The first kappa shape index (κ1) is 8.31. The Hall–Kier alpha value is -0.790. The molecule has 0 aliphatic heterocycles. The van der Waals surface area contributed by atoms with Gasteiger partial charge in [-0.25, -0.2) is 0 Å². The zero-order valence-corrected chi connectivity index (χ0v) is 6.93. The van der Waals surface area contributed by atoms with Crippen LogP contribution in [-0.2, 0) is 9.53 Å². The largest absolute Gasteiger partial charge is 0.469 e. The first-order chi connectivity index (χ1) is 5.22. The van der Waals surface area contributed by atoms with Gasteiger partial charge in [0.05, 0.1) is 7.11 Å². The standard InChI is InChI=1S/C9H14O2/c1-7-3-4-8(5-7)6-9(10)11-2/h8H,1,3-6H2,2H3. The number of esters is 1. The van der Waals surface area contributed by atoms with Crippen molar-refractivity contribution < 1.29 is 9.53 Å². The van der Waals surface area contributed by atoms with Gasteiger partial charge < -0.3 is 4.74 Å². The van der Waals surface area contributed by atoms with Gasteiger partial charge in [-0.1, -0.05) is 12.2 Å². The molecule has 62 valence electrons. The highest BCUT2D eigenvalue weighted by atomic mass is 16.5. The Morgan fingerprint density at radius 2 is 2.55 bits per heavy atom. The van der Waals surface area contributed by atoms with E-state index in [-0.39, 0.29) is 5.97 Å². The number of hydrogen-bond donors (Lipinski definition) is 0. The van der Waals surface area contributed by atoms with Crippen LogP contribution in [0.1, 0.15) is 25.7 Å². The van der Waals surface area contributed by atoms with Crippen LogP contribution in [-0.4, -0.2) is 13.1 Å². The van der Waals surface area contributed by atoms with Crippen LogP contribution in [0.25, 0.3) is 0 Å². The molecule has 0 aromatic heterocycles. The minimum Gasteiger partial charge on any atom is -0.469 e. The van der Waals surface area contributed by atoms with Crippen LogP contribution >= 0.6 is 0 Å². The molecule has 0 bridgehead atoms. The second-order valence-corrected chi connectivity index (χ2v) is 3.14. The summed E-state index contributed by atoms with van der Waals surface area (Å²) >= 11 is 0. The van der Waals surface area contributed by atoms with Crippen molar-refractivity contribution in [2.45, 2.75) is 25.7 Å². The number of carbonyl (C=O) groups excluding carboxylic acids is 1. The lowest BCUT2D eigenvalue weighted by atomic mass is 10.0. The lowest BCUT2D eigenvalue weighted by Crippen LogP contribution is -2.06. The average molecular weight is 154 g/mol. The normalized spacial score (nSPS) is 23.7. The average Bonchev–Trinajstić information content (AvgIpc) is 2.35. The van der Waals surface area contributed by atoms with Crippen LogP contribution in [0.3, 0.4) is 0 Å². The molecule has 0 saturated heterocycles. The van der Waals surface area contributed by atoms with E-state index in [0.717, 1.165) is 19.3 Å². The molecule has 0 radical (unpaired) electrons. The van der Waals surface area contributed by atoms with Gasteiger partial charge in [0, 0.05) is 6.42 Å². The molecule has 1 fully saturated rings. The molecule has 0 N–H and O–H groups in total. The summed E-state index contributed by atoms with van der Waals surface area (Å²) in [7, 11) is 1.44. The molecule has 0 spiro atoms. The van der Waals surface area contributed by atoms with E-state index in [0.29, 0.717) is 12.3 Å². The van der Waals surface area contributed by atoms with Gasteiger partial charge in [-0.15, -0.1) is 0 Å². The maximum absolute atomic E-state index is 10.8. The predicted molar refractivity (Wildman–Crippen MR) is 43.1 cm³/mol. The number of rotatable bonds is 2. The Balaban J connectivity index is 2.28. The van der Waals surface area contributed by atoms with Crippen LogP contribution in [0, 0.1) is 5.92 Å². The minimum absolute atomic E-state index is 0.0929. The Labute approximate surface area is 67.2 Å². The van der Waals surface area contributed by atoms with Crippen molar-refractivity contribution in [2.75, 3.05) is 7.11 Å². The summed E-state index contributed by atoms with van der Waals surface area (Å²) in [6.45, 7) is 3.89. The number of allylic oxidation sites excluding steroid dienone is 1. The topological polar surface area (TPSA) is 26.3 Å². The summed E-state index contributed by atoms with van der Waals surface area (Å²) in [5.74, 6) is 0.402. The molecular weight excluding hydrogens is 140 g/mol. The predicted octanol–water partition coefficient (Wildman–Crippen LogP) is 1.91. The molecule has 1 unspecified atom stereocenters. The highest BCUT2D eigenvalue weighted by molar-refractivity contribution is 5.69. The van der Waals surface area contributed by atoms with E-state index in [9.17, 15) is 4.79 Å². The Kier molecular flexibility index (Phi) is 2.69. The minimum atomic E-state index is -0.0929. The molecule has 1 atom stereocenters. The highest BCUT2D eigenvalue weighted by Gasteiger charge is 2.20. The summed E-state index contributed by atoms with van der Waals surface area (Å²) in [6.07, 6.45) is 3.76. The van der Waals surface area contributed by atoms with Gasteiger partial charge in [0.2, 0.25) is 0 Å². The smallest absolute Gasteiger partial charge is 0.305 e. The molecule has 1 rings (SSSR count). The fourth-order valence-corrected chi connectivity index (χ4v) is 1.51. The molecule has 1 aliphatic carbocycles. The molecule has 2 nitrogen and oxygen atoms in total. The third-order valence-corrected chi connectivity index (χ3v) is 2.17. The molecule has 0 aromatic rings. The summed E-state index contributed by atoms with van der Waals surface area (Å²) < 4.78 is 4.58. The summed E-state index contributed by atoms with van der Waals surface area (Å²) in [5, 5.41) is 0. The van der Waals surface area contributed by atoms with Crippen LogP contribution in [0.15, 0.2) is 12.2 Å². The summed E-state index contributed by atoms with van der Waals surface area (Å²) in [4.78, 5) is 10.8. The van der Waals surface area contributed by atoms with Crippen molar-refractivity contribution in [3.05, 3.63) is 12.2 Å². The van der Waals surface area contributed by atoms with E-state index in [4.69, 9.17) is 0 Å². The Morgan fingerprint density at radius 1 is 1.82 bits per heavy atom. The summed E-state index contributed by atoms with van der Waals surface area (Å²) in [6, 6.07) is 0. The van der Waals surface area contributed by atoms with Crippen molar-refractivity contribution >= 4 is 5.97 Å². The summed E-state index contributed by atoms with van der Waals surface area (Å²) in [5.41, 5.74) is 1.28. The van der Waals surface area contributed by atoms with Crippen molar-refractivity contribution in [3.63, 3.8) is 0 Å². The first-order valence-corrected chi connectivity index (χ1v) is 3.96. The monoisotopic (exact) mass is 154 g/mol. The molecule has 0 heterocycles. The molecular formula is C9H14O2. The van der Waals surface area contributed by atoms with Gasteiger partial charge in [0.25, 0.3) is 0 Å². The molecule has 0 amide bonds. The van der Waals surface area contributed by atoms with Crippen LogP contribution in [0.5, 0.6) is 0 Å². The van der Waals surface area contributed by atoms with E-state index in [1.807, 2.05) is 0 Å². The fraction of sp³-hybridized carbons (Fsp3) is 0.667. The van der Waals surface area contributed by atoms with Crippen molar-refractivity contribution in [2.24, 2.45) is 5.92 Å². The van der Waals surface area contributed by atoms with E-state index in [2.05, 4.69) is 11.3 Å². The number of ether oxygens (including phenoxy) is 1. The second kappa shape index (κ2) is 3.56. The Morgan fingerprint density at radius 3 is 3.00 bits per heavy atom. The lowest BCUT2D eigenvalue weighted by Gasteiger charge is -2.04. The van der Waals surface area contributed by atoms with E-state index in [1.54, 1.807) is 0 Å². The number of methoxy groups -OCH3 is 1. The third kappa shape index (κ3) is 2.37. The third-order valence-electron chi connectivity index (χ3n) is 2.17. The molecule has 11 heavy (non-hydrogen) atoms. The number of carbonyl (C=O) groups is 1. The van der Waals surface area contributed by atoms with Gasteiger partial charge in [0.15, 0.2) is 0 Å². The van der Waals surface area contributed by atoms with Crippen LogP contribution in [0.2, 0.25) is 0 Å². The molecule has 1 aliphatic rings. The van der Waals surface area contributed by atoms with Crippen molar-refractivity contribution in [1.29, 1.82) is 0 Å². The molecule has 2 heteroatoms. The van der Waals surface area contributed by atoms with Crippen molar-refractivity contribution in [3.8, 4) is 0 Å². The van der Waals surface area contributed by atoms with E-state index in [1.165, 1.54) is 12.7 Å². The first-order valence-electron chi connectivity index (χ1n) is 3.96. The Bertz CT molecular complexity index is 172. The number of hydrogen-bond acceptors (Lipinski definition) is 2. The maximum Gasteiger partial charge on any atom is 0.305 e. The zero-order valence-electron chi connectivity index (χ0n) is 6.93. The van der Waals surface area contributed by atoms with Gasteiger partial charge in [-0.2, -0.15) is 0 Å². The quantitative estimate of drug-likeness (QED) is 0.448. The maximum atomic E-state index is 10.8. The van der Waals surface area contributed by atoms with Gasteiger partial charge in [-0.05, 0) is 25.2 Å². The zero-order chi connectivity index (χ0) is 8.27. The lowest BCUT2D eigenvalue weighted by molar-refractivity contribution is -0.141. The van der Waals surface area contributed by atoms with Gasteiger partial charge in [0.1, 0.15) is 0 Å². The van der Waals surface area contributed by atoms with Crippen LogP contribution < -0.4 is 0 Å². The second-order valence-electron chi connectivity index (χ2n) is 3.14. The van der Waals surface area contributed by atoms with E-state index >= 15 is 0 Å².